The fraction of sp³-hybridized carbons (Fsp3) is 0.900. The maximum absolute atomic E-state index is 10.8. The van der Waals surface area contributed by atoms with E-state index in [0.717, 1.165) is 12.8 Å². The number of ether oxygens (including phenoxy) is 1. The number of hydrogen-bond donors (Lipinski definition) is 0. The number of esters is 1. The van der Waals surface area contributed by atoms with Crippen LogP contribution in [0, 0.1) is 0 Å². The van der Waals surface area contributed by atoms with Gasteiger partial charge in [0, 0.05) is 6.42 Å². The smallest absolute Gasteiger partial charge is 0.306 e. The van der Waals surface area contributed by atoms with Gasteiger partial charge >= 0.3 is 5.97 Å². The molecule has 70 valence electrons. The molecule has 0 aromatic heterocycles. The van der Waals surface area contributed by atoms with Gasteiger partial charge in [0.1, 0.15) is 6.08 Å². The molecule has 1 atom stereocenters. The molecular formula is C10H18O2. The average Bonchev–Trinajstić information content (AvgIpc) is 2.41. The van der Waals surface area contributed by atoms with E-state index in [1.54, 1.807) is 0 Å². The summed E-state index contributed by atoms with van der Waals surface area (Å²) in [6.45, 7) is 2.16. The standard InChI is InChI=1S/C10H18O2/c1-2-3-4-5-6-9-7-8-10(11)12-9/h9H,2-8H2,1H3/t9-/m0/s1/i9D. The molecular weight excluding hydrogens is 152 g/mol. The van der Waals surface area contributed by atoms with Gasteiger partial charge in [0.05, 0.1) is 1.37 Å². The van der Waals surface area contributed by atoms with E-state index in [1.165, 1.54) is 12.8 Å². The van der Waals surface area contributed by atoms with Gasteiger partial charge in [-0.15, -0.1) is 0 Å². The molecule has 0 unspecified atom stereocenters. The molecule has 1 aliphatic rings. The summed E-state index contributed by atoms with van der Waals surface area (Å²) in [5, 5.41) is 0. The Labute approximate surface area is 75.7 Å². The van der Waals surface area contributed by atoms with Crippen LogP contribution in [0.4, 0.5) is 0 Å². The van der Waals surface area contributed by atoms with Crippen LogP contribution in [0.1, 0.15) is 53.2 Å². The highest BCUT2D eigenvalue weighted by atomic mass is 16.5. The molecule has 0 aromatic rings. The Bertz CT molecular complexity index is 182. The number of unbranched alkanes of at least 4 members (excludes halogenated alkanes) is 3. The van der Waals surface area contributed by atoms with E-state index in [-0.39, 0.29) is 5.97 Å². The van der Waals surface area contributed by atoms with Crippen molar-refractivity contribution in [3.63, 3.8) is 0 Å². The van der Waals surface area contributed by atoms with Gasteiger partial charge in [-0.1, -0.05) is 26.2 Å². The van der Waals surface area contributed by atoms with Crippen molar-refractivity contribution in [3.05, 3.63) is 0 Å². The topological polar surface area (TPSA) is 26.3 Å². The molecule has 1 fully saturated rings. The summed E-state index contributed by atoms with van der Waals surface area (Å²) in [6, 6.07) is 0. The zero-order chi connectivity index (χ0) is 9.73. The molecule has 0 saturated carbocycles. The van der Waals surface area contributed by atoms with Crippen molar-refractivity contribution >= 4 is 5.97 Å². The average molecular weight is 171 g/mol. The fourth-order valence-electron chi connectivity index (χ4n) is 1.43. The van der Waals surface area contributed by atoms with Crippen LogP contribution in [0.25, 0.3) is 0 Å². The van der Waals surface area contributed by atoms with E-state index in [0.29, 0.717) is 19.3 Å². The third-order valence-corrected chi connectivity index (χ3v) is 2.18. The van der Waals surface area contributed by atoms with E-state index < -0.39 is 6.08 Å². The third kappa shape index (κ3) is 3.24. The van der Waals surface area contributed by atoms with E-state index in [9.17, 15) is 4.79 Å². The largest absolute Gasteiger partial charge is 0.462 e. The summed E-state index contributed by atoms with van der Waals surface area (Å²) >= 11 is 0. The Morgan fingerprint density at radius 3 is 3.00 bits per heavy atom. The van der Waals surface area contributed by atoms with Crippen LogP contribution in [-0.4, -0.2) is 12.0 Å². The van der Waals surface area contributed by atoms with Crippen LogP contribution in [0.5, 0.6) is 0 Å². The van der Waals surface area contributed by atoms with Crippen LogP contribution >= 0.6 is 0 Å². The first-order valence-electron chi connectivity index (χ1n) is 5.38. The maximum atomic E-state index is 10.8. The number of hydrogen-bond acceptors (Lipinski definition) is 2. The van der Waals surface area contributed by atoms with Crippen molar-refractivity contribution in [2.45, 2.75) is 57.9 Å². The molecule has 0 bridgehead atoms. The van der Waals surface area contributed by atoms with Crippen LogP contribution in [0.3, 0.4) is 0 Å². The van der Waals surface area contributed by atoms with Gasteiger partial charge in [0.2, 0.25) is 0 Å². The summed E-state index contributed by atoms with van der Waals surface area (Å²) in [5.74, 6) is -0.203. The zero-order valence-electron chi connectivity index (χ0n) is 8.77. The molecule has 12 heavy (non-hydrogen) atoms. The highest BCUT2D eigenvalue weighted by Gasteiger charge is 2.22. The Morgan fingerprint density at radius 2 is 2.42 bits per heavy atom. The van der Waals surface area contributed by atoms with Crippen molar-refractivity contribution < 1.29 is 10.9 Å². The SMILES string of the molecule is [2H][C@]1(CCCCCC)CCC(=O)O1. The molecule has 1 aliphatic heterocycles. The molecule has 0 aromatic carbocycles. The summed E-state index contributed by atoms with van der Waals surface area (Å²) in [7, 11) is 0. The van der Waals surface area contributed by atoms with Gasteiger partial charge in [-0.05, 0) is 19.3 Å². The lowest BCUT2D eigenvalue weighted by Crippen LogP contribution is -2.05. The Kier molecular flexibility index (Phi) is 3.49. The zero-order valence-corrected chi connectivity index (χ0v) is 7.77. The molecule has 2 nitrogen and oxygen atoms in total. The van der Waals surface area contributed by atoms with Gasteiger partial charge in [0.15, 0.2) is 0 Å². The summed E-state index contributed by atoms with van der Waals surface area (Å²) in [6.07, 6.45) is 5.40. The van der Waals surface area contributed by atoms with Gasteiger partial charge in [-0.2, -0.15) is 0 Å². The summed E-state index contributed by atoms with van der Waals surface area (Å²) < 4.78 is 12.8. The molecule has 0 aliphatic carbocycles. The lowest BCUT2D eigenvalue weighted by molar-refractivity contribution is -0.141. The van der Waals surface area contributed by atoms with Crippen molar-refractivity contribution in [2.24, 2.45) is 0 Å². The number of cyclic esters (lactones) is 1. The van der Waals surface area contributed by atoms with Crippen molar-refractivity contribution in [1.82, 2.24) is 0 Å². The van der Waals surface area contributed by atoms with Crippen LogP contribution in [0.2, 0.25) is 0 Å². The molecule has 2 heteroatoms. The molecule has 0 radical (unpaired) electrons. The van der Waals surface area contributed by atoms with E-state index in [4.69, 9.17) is 6.11 Å². The molecule has 0 amide bonds. The maximum Gasteiger partial charge on any atom is 0.306 e. The second-order valence-corrected chi connectivity index (χ2v) is 3.32. The molecule has 1 rings (SSSR count). The predicted octanol–water partition coefficient (Wildman–Crippen LogP) is 2.66. The lowest BCUT2D eigenvalue weighted by Gasteiger charge is -2.07. The predicted molar refractivity (Wildman–Crippen MR) is 47.9 cm³/mol. The molecule has 1 heterocycles. The third-order valence-electron chi connectivity index (χ3n) is 2.18. The minimum atomic E-state index is -0.884. The normalized spacial score (nSPS) is 30.1. The number of rotatable bonds is 5. The fourth-order valence-corrected chi connectivity index (χ4v) is 1.43. The number of carbonyl (C=O) groups is 1. The van der Waals surface area contributed by atoms with Crippen molar-refractivity contribution in [3.8, 4) is 0 Å². The van der Waals surface area contributed by atoms with Crippen LogP contribution in [-0.2, 0) is 9.53 Å². The van der Waals surface area contributed by atoms with Gasteiger partial charge in [0.25, 0.3) is 0 Å². The Balaban J connectivity index is 2.16. The minimum Gasteiger partial charge on any atom is -0.462 e. The molecule has 0 N–H and O–H groups in total. The van der Waals surface area contributed by atoms with Gasteiger partial charge in [-0.3, -0.25) is 4.79 Å². The second-order valence-electron chi connectivity index (χ2n) is 3.32. The summed E-state index contributed by atoms with van der Waals surface area (Å²) in [5.41, 5.74) is 0. The number of carbonyl (C=O) groups excluding carboxylic acids is 1. The van der Waals surface area contributed by atoms with E-state index in [2.05, 4.69) is 6.92 Å². The first kappa shape index (κ1) is 8.09. The molecule has 0 spiro atoms. The van der Waals surface area contributed by atoms with Gasteiger partial charge < -0.3 is 4.74 Å². The van der Waals surface area contributed by atoms with Crippen molar-refractivity contribution in [1.29, 1.82) is 0 Å². The molecule has 1 saturated heterocycles. The van der Waals surface area contributed by atoms with E-state index >= 15 is 0 Å². The van der Waals surface area contributed by atoms with Crippen LogP contribution in [0.15, 0.2) is 0 Å². The van der Waals surface area contributed by atoms with Gasteiger partial charge in [-0.25, -0.2) is 0 Å². The first-order chi connectivity index (χ1) is 6.16. The lowest BCUT2D eigenvalue weighted by atomic mass is 10.1. The van der Waals surface area contributed by atoms with Crippen molar-refractivity contribution in [2.75, 3.05) is 0 Å². The quantitative estimate of drug-likeness (QED) is 0.469. The highest BCUT2D eigenvalue weighted by molar-refractivity contribution is 5.71. The Hall–Kier alpha value is -0.530. The minimum absolute atomic E-state index is 0.203. The Morgan fingerprint density at radius 1 is 1.58 bits per heavy atom. The monoisotopic (exact) mass is 171 g/mol. The highest BCUT2D eigenvalue weighted by Crippen LogP contribution is 2.19. The van der Waals surface area contributed by atoms with Crippen LogP contribution < -0.4 is 0 Å². The first-order valence-corrected chi connectivity index (χ1v) is 4.88. The van der Waals surface area contributed by atoms with E-state index in [1.807, 2.05) is 0 Å². The second kappa shape index (κ2) is 5.18. The summed E-state index contributed by atoms with van der Waals surface area (Å²) in [4.78, 5) is 10.8.